The largest absolute Gasteiger partial charge is 0.462 e. The first kappa shape index (κ1) is 15.0. The van der Waals surface area contributed by atoms with Gasteiger partial charge in [-0.15, -0.1) is 0 Å². The van der Waals surface area contributed by atoms with Crippen LogP contribution in [-0.4, -0.2) is 38.4 Å². The molecule has 1 N–H and O–H groups in total. The molecule has 5 atom stereocenters. The van der Waals surface area contributed by atoms with Crippen LogP contribution >= 0.6 is 0 Å². The summed E-state index contributed by atoms with van der Waals surface area (Å²) in [5, 5.41) is 10.4. The second-order valence-corrected chi connectivity index (χ2v) is 9.62. The molecule has 4 nitrogen and oxygen atoms in total. The third kappa shape index (κ3) is 3.03. The Balaban J connectivity index is 2.22. The minimum atomic E-state index is -1.20. The van der Waals surface area contributed by atoms with Gasteiger partial charge in [0.15, 0.2) is 9.04 Å². The van der Waals surface area contributed by atoms with E-state index in [-0.39, 0.29) is 35.4 Å². The van der Waals surface area contributed by atoms with Crippen LogP contribution in [0.1, 0.15) is 33.6 Å². The summed E-state index contributed by atoms with van der Waals surface area (Å²) >= 11 is 0. The molecular formula is C14H26O4Si. The van der Waals surface area contributed by atoms with Gasteiger partial charge < -0.3 is 14.3 Å². The van der Waals surface area contributed by atoms with Gasteiger partial charge in [0.05, 0.1) is 18.6 Å². The molecule has 2 fully saturated rings. The van der Waals surface area contributed by atoms with Crippen molar-refractivity contribution in [2.75, 3.05) is 0 Å². The summed E-state index contributed by atoms with van der Waals surface area (Å²) in [6.07, 6.45) is 0.479. The Morgan fingerprint density at radius 1 is 1.42 bits per heavy atom. The Bertz CT molecular complexity index is 350. The SMILES string of the molecule is C[SiH](C)OC([C@@H]1[C@@H]2CC(=O)O[C@@H]2C[C@@H]1O)C(C)(C)C. The standard InChI is InChI=1S/C14H26O4Si/c1-14(2,3)13(18-19(4)5)12-8-6-11(16)17-10(8)7-9(12)15/h8-10,12-13,15,19H,6-7H2,1-5H3/t8-,9+,10-,12-,13?/m1/s1. The molecule has 0 bridgehead atoms. The molecule has 2 aliphatic rings. The van der Waals surface area contributed by atoms with E-state index in [1.807, 2.05) is 0 Å². The summed E-state index contributed by atoms with van der Waals surface area (Å²) < 4.78 is 11.5. The van der Waals surface area contributed by atoms with Crippen molar-refractivity contribution in [3.05, 3.63) is 0 Å². The van der Waals surface area contributed by atoms with Crippen molar-refractivity contribution in [1.29, 1.82) is 0 Å². The van der Waals surface area contributed by atoms with Gasteiger partial charge in [0, 0.05) is 18.3 Å². The maximum Gasteiger partial charge on any atom is 0.306 e. The number of hydrogen-bond acceptors (Lipinski definition) is 4. The van der Waals surface area contributed by atoms with E-state index in [1.54, 1.807) is 0 Å². The fourth-order valence-corrected chi connectivity index (χ4v) is 4.68. The van der Waals surface area contributed by atoms with E-state index in [9.17, 15) is 9.90 Å². The summed E-state index contributed by atoms with van der Waals surface area (Å²) in [5.74, 6) is 0.0205. The summed E-state index contributed by atoms with van der Waals surface area (Å²) in [7, 11) is -1.20. The summed E-state index contributed by atoms with van der Waals surface area (Å²) in [6, 6.07) is 0. The number of hydrogen-bond donors (Lipinski definition) is 1. The number of ether oxygens (including phenoxy) is 1. The van der Waals surface area contributed by atoms with Gasteiger partial charge in [-0.2, -0.15) is 0 Å². The van der Waals surface area contributed by atoms with Crippen molar-refractivity contribution >= 4 is 15.0 Å². The minimum absolute atomic E-state index is 0.00123. The maximum absolute atomic E-state index is 11.5. The van der Waals surface area contributed by atoms with Crippen molar-refractivity contribution in [2.45, 2.75) is 65.0 Å². The molecule has 0 spiro atoms. The van der Waals surface area contributed by atoms with E-state index >= 15 is 0 Å². The molecule has 0 amide bonds. The highest BCUT2D eigenvalue weighted by Gasteiger charge is 2.54. The average molecular weight is 286 g/mol. The van der Waals surface area contributed by atoms with Crippen molar-refractivity contribution < 1.29 is 19.1 Å². The topological polar surface area (TPSA) is 55.8 Å². The minimum Gasteiger partial charge on any atom is -0.462 e. The van der Waals surface area contributed by atoms with Gasteiger partial charge in [-0.25, -0.2) is 0 Å². The molecule has 5 heteroatoms. The molecule has 1 heterocycles. The van der Waals surface area contributed by atoms with E-state index in [4.69, 9.17) is 9.16 Å². The lowest BCUT2D eigenvalue weighted by Gasteiger charge is -2.40. The predicted octanol–water partition coefficient (Wildman–Crippen LogP) is 1.71. The monoisotopic (exact) mass is 286 g/mol. The van der Waals surface area contributed by atoms with Crippen LogP contribution in [0.25, 0.3) is 0 Å². The Kier molecular flexibility index (Phi) is 4.09. The summed E-state index contributed by atoms with van der Waals surface area (Å²) in [5.41, 5.74) is -0.0382. The zero-order chi connectivity index (χ0) is 14.4. The number of rotatable bonds is 3. The van der Waals surface area contributed by atoms with Gasteiger partial charge in [0.25, 0.3) is 0 Å². The van der Waals surface area contributed by atoms with Crippen molar-refractivity contribution in [1.82, 2.24) is 0 Å². The fraction of sp³-hybridized carbons (Fsp3) is 0.929. The van der Waals surface area contributed by atoms with Crippen LogP contribution in [0.4, 0.5) is 0 Å². The average Bonchev–Trinajstić information content (AvgIpc) is 2.68. The van der Waals surface area contributed by atoms with E-state index in [0.717, 1.165) is 0 Å². The molecule has 1 saturated heterocycles. The van der Waals surface area contributed by atoms with Gasteiger partial charge in [-0.3, -0.25) is 4.79 Å². The van der Waals surface area contributed by atoms with Crippen LogP contribution in [-0.2, 0) is 14.0 Å². The van der Waals surface area contributed by atoms with Crippen LogP contribution in [0, 0.1) is 17.3 Å². The van der Waals surface area contributed by atoms with E-state index in [1.165, 1.54) is 0 Å². The first-order valence-electron chi connectivity index (χ1n) is 7.23. The number of aliphatic hydroxyl groups is 1. The zero-order valence-electron chi connectivity index (χ0n) is 12.6. The molecule has 1 unspecified atom stereocenters. The van der Waals surface area contributed by atoms with Crippen LogP contribution in [0.2, 0.25) is 13.1 Å². The first-order chi connectivity index (χ1) is 8.70. The zero-order valence-corrected chi connectivity index (χ0v) is 13.7. The second kappa shape index (κ2) is 5.18. The molecule has 2 rings (SSSR count). The van der Waals surface area contributed by atoms with Crippen LogP contribution in [0.3, 0.4) is 0 Å². The molecule has 19 heavy (non-hydrogen) atoms. The molecule has 1 aliphatic carbocycles. The highest BCUT2D eigenvalue weighted by Crippen LogP contribution is 2.47. The Morgan fingerprint density at radius 2 is 2.05 bits per heavy atom. The normalized spacial score (nSPS) is 36.5. The van der Waals surface area contributed by atoms with Crippen molar-refractivity contribution in [2.24, 2.45) is 17.3 Å². The van der Waals surface area contributed by atoms with Crippen molar-refractivity contribution in [3.63, 3.8) is 0 Å². The molecule has 0 aromatic rings. The molecular weight excluding hydrogens is 260 g/mol. The predicted molar refractivity (Wildman–Crippen MR) is 75.3 cm³/mol. The lowest BCUT2D eigenvalue weighted by atomic mass is 9.75. The number of aliphatic hydroxyl groups excluding tert-OH is 1. The molecule has 1 aliphatic heterocycles. The van der Waals surface area contributed by atoms with E-state index in [0.29, 0.717) is 12.8 Å². The van der Waals surface area contributed by atoms with Crippen LogP contribution < -0.4 is 0 Å². The quantitative estimate of drug-likeness (QED) is 0.634. The molecule has 0 aromatic heterocycles. The molecule has 0 radical (unpaired) electrons. The van der Waals surface area contributed by atoms with E-state index in [2.05, 4.69) is 33.9 Å². The van der Waals surface area contributed by atoms with Gasteiger partial charge in [-0.1, -0.05) is 20.8 Å². The van der Waals surface area contributed by atoms with Gasteiger partial charge in [0.1, 0.15) is 6.10 Å². The number of fused-ring (bicyclic) bond motifs is 1. The third-order valence-corrected chi connectivity index (χ3v) is 5.03. The maximum atomic E-state index is 11.5. The van der Waals surface area contributed by atoms with Gasteiger partial charge in [-0.05, 0) is 18.5 Å². The fourth-order valence-electron chi connectivity index (χ4n) is 3.51. The molecule has 1 saturated carbocycles. The lowest BCUT2D eigenvalue weighted by Crippen LogP contribution is -2.45. The number of carbonyl (C=O) groups excluding carboxylic acids is 1. The molecule has 110 valence electrons. The summed E-state index contributed by atoms with van der Waals surface area (Å²) in [6.45, 7) is 10.7. The van der Waals surface area contributed by atoms with Crippen LogP contribution in [0.5, 0.6) is 0 Å². The van der Waals surface area contributed by atoms with E-state index < -0.39 is 15.1 Å². The van der Waals surface area contributed by atoms with Crippen molar-refractivity contribution in [3.8, 4) is 0 Å². The van der Waals surface area contributed by atoms with Gasteiger partial charge in [0.2, 0.25) is 0 Å². The Labute approximate surface area is 117 Å². The number of esters is 1. The highest BCUT2D eigenvalue weighted by atomic mass is 28.3. The van der Waals surface area contributed by atoms with Crippen LogP contribution in [0.15, 0.2) is 0 Å². The molecule has 0 aromatic carbocycles. The summed E-state index contributed by atoms with van der Waals surface area (Å²) in [4.78, 5) is 11.5. The first-order valence-corrected chi connectivity index (χ1v) is 10.0. The Hall–Kier alpha value is -0.393. The lowest BCUT2D eigenvalue weighted by molar-refractivity contribution is -0.142. The number of carbonyl (C=O) groups is 1. The van der Waals surface area contributed by atoms with Gasteiger partial charge >= 0.3 is 5.97 Å². The second-order valence-electron chi connectivity index (χ2n) is 7.25. The highest BCUT2D eigenvalue weighted by molar-refractivity contribution is 6.48. The third-order valence-electron chi connectivity index (χ3n) is 4.20. The smallest absolute Gasteiger partial charge is 0.306 e. The Morgan fingerprint density at radius 3 is 2.58 bits per heavy atom.